The third kappa shape index (κ3) is 2.26. The first kappa shape index (κ1) is 13.9. The summed E-state index contributed by atoms with van der Waals surface area (Å²) in [7, 11) is 0. The Labute approximate surface area is 124 Å². The molecule has 1 atom stereocenters. The molecular weight excluding hydrogens is 266 g/mol. The molecular formula is C16H21N3O2. The van der Waals surface area contributed by atoms with Crippen molar-refractivity contribution in [3.05, 3.63) is 29.8 Å². The molecule has 0 bridgehead atoms. The second-order valence-corrected chi connectivity index (χ2v) is 5.84. The van der Waals surface area contributed by atoms with Crippen molar-refractivity contribution in [3.8, 4) is 0 Å². The van der Waals surface area contributed by atoms with Gasteiger partial charge in [-0.15, -0.1) is 0 Å². The predicted molar refractivity (Wildman–Crippen MR) is 81.2 cm³/mol. The lowest BCUT2D eigenvalue weighted by Gasteiger charge is -2.39. The molecule has 2 N–H and O–H groups in total. The van der Waals surface area contributed by atoms with Gasteiger partial charge in [0.15, 0.2) is 0 Å². The Kier molecular flexibility index (Phi) is 3.57. The number of hydrogen-bond acceptors (Lipinski definition) is 2. The zero-order chi connectivity index (χ0) is 14.9. The number of anilines is 1. The van der Waals surface area contributed by atoms with E-state index in [1.165, 1.54) is 0 Å². The van der Waals surface area contributed by atoms with Crippen LogP contribution in [0.1, 0.15) is 31.7 Å². The van der Waals surface area contributed by atoms with Gasteiger partial charge in [0.05, 0.1) is 5.41 Å². The highest BCUT2D eigenvalue weighted by molar-refractivity contribution is 6.06. The minimum absolute atomic E-state index is 0.0247. The number of para-hydroxylation sites is 1. The third-order valence-corrected chi connectivity index (χ3v) is 4.43. The van der Waals surface area contributed by atoms with Crippen LogP contribution in [-0.2, 0) is 10.2 Å². The molecule has 2 aliphatic heterocycles. The van der Waals surface area contributed by atoms with E-state index in [0.29, 0.717) is 19.6 Å². The maximum absolute atomic E-state index is 12.5. The fourth-order valence-corrected chi connectivity index (χ4v) is 3.35. The Hall–Kier alpha value is -2.04. The molecule has 0 unspecified atom stereocenters. The first-order chi connectivity index (χ1) is 10.2. The van der Waals surface area contributed by atoms with E-state index in [2.05, 4.69) is 10.6 Å². The topological polar surface area (TPSA) is 61.4 Å². The van der Waals surface area contributed by atoms with E-state index in [1.807, 2.05) is 31.2 Å². The first-order valence-electron chi connectivity index (χ1n) is 7.61. The van der Waals surface area contributed by atoms with Crippen LogP contribution in [0.15, 0.2) is 24.3 Å². The van der Waals surface area contributed by atoms with Crippen LogP contribution in [0.25, 0.3) is 0 Å². The lowest BCUT2D eigenvalue weighted by molar-refractivity contribution is -0.122. The van der Waals surface area contributed by atoms with E-state index in [-0.39, 0.29) is 11.9 Å². The molecule has 3 amide bonds. The second kappa shape index (κ2) is 5.39. The Bertz CT molecular complexity index is 572. The number of fused-ring (bicyclic) bond motifs is 2. The van der Waals surface area contributed by atoms with E-state index in [1.54, 1.807) is 4.90 Å². The lowest BCUT2D eigenvalue weighted by Crippen LogP contribution is -2.54. The number of urea groups is 1. The highest BCUT2D eigenvalue weighted by Gasteiger charge is 2.49. The van der Waals surface area contributed by atoms with Crippen molar-refractivity contribution in [1.29, 1.82) is 0 Å². The van der Waals surface area contributed by atoms with Crippen LogP contribution in [0.5, 0.6) is 0 Å². The number of nitrogens with zero attached hydrogens (tertiary/aromatic N) is 1. The molecule has 2 aliphatic rings. The van der Waals surface area contributed by atoms with Crippen molar-refractivity contribution in [3.63, 3.8) is 0 Å². The summed E-state index contributed by atoms with van der Waals surface area (Å²) in [5, 5.41) is 5.87. The number of benzene rings is 1. The van der Waals surface area contributed by atoms with E-state index in [4.69, 9.17) is 0 Å². The standard InChI is InChI=1S/C16H21N3O2/c1-2-9-17-15(21)19-10-5-8-16(11-19)12-6-3-4-7-13(12)18-14(16)20/h3-4,6-7H,2,5,8-11H2,1H3,(H,17,21)(H,18,20)/t16-/m0/s1. The van der Waals surface area contributed by atoms with Crippen LogP contribution in [0.2, 0.25) is 0 Å². The molecule has 0 saturated carbocycles. The molecule has 1 spiro atoms. The van der Waals surface area contributed by atoms with Crippen molar-refractivity contribution in [2.75, 3.05) is 25.0 Å². The summed E-state index contributed by atoms with van der Waals surface area (Å²) < 4.78 is 0. The molecule has 0 aromatic heterocycles. The molecule has 3 rings (SSSR count). The summed E-state index contributed by atoms with van der Waals surface area (Å²) in [6, 6.07) is 7.75. The average Bonchev–Trinajstić information content (AvgIpc) is 2.77. The Morgan fingerprint density at radius 1 is 1.43 bits per heavy atom. The highest BCUT2D eigenvalue weighted by Crippen LogP contribution is 2.43. The van der Waals surface area contributed by atoms with E-state index in [9.17, 15) is 9.59 Å². The summed E-state index contributed by atoms with van der Waals surface area (Å²) >= 11 is 0. The fourth-order valence-electron chi connectivity index (χ4n) is 3.35. The first-order valence-corrected chi connectivity index (χ1v) is 7.61. The van der Waals surface area contributed by atoms with Crippen molar-refractivity contribution in [2.24, 2.45) is 0 Å². The van der Waals surface area contributed by atoms with Crippen molar-refractivity contribution in [1.82, 2.24) is 10.2 Å². The Morgan fingerprint density at radius 3 is 3.05 bits per heavy atom. The number of nitrogens with one attached hydrogen (secondary N) is 2. The summed E-state index contributed by atoms with van der Waals surface area (Å²) in [5.41, 5.74) is 1.35. The Morgan fingerprint density at radius 2 is 2.24 bits per heavy atom. The summed E-state index contributed by atoms with van der Waals surface area (Å²) in [5.74, 6) is 0.0247. The zero-order valence-electron chi connectivity index (χ0n) is 12.3. The number of rotatable bonds is 2. The van der Waals surface area contributed by atoms with Crippen molar-refractivity contribution in [2.45, 2.75) is 31.6 Å². The molecule has 1 aromatic rings. The molecule has 1 saturated heterocycles. The van der Waals surface area contributed by atoms with Gasteiger partial charge in [0.1, 0.15) is 0 Å². The maximum atomic E-state index is 12.5. The number of likely N-dealkylation sites (tertiary alicyclic amines) is 1. The van der Waals surface area contributed by atoms with Crippen LogP contribution in [0.4, 0.5) is 10.5 Å². The minimum atomic E-state index is -0.571. The zero-order valence-corrected chi connectivity index (χ0v) is 12.3. The van der Waals surface area contributed by atoms with Crippen LogP contribution in [-0.4, -0.2) is 36.5 Å². The van der Waals surface area contributed by atoms with E-state index < -0.39 is 5.41 Å². The van der Waals surface area contributed by atoms with Gasteiger partial charge in [-0.05, 0) is 30.9 Å². The molecule has 5 heteroatoms. The van der Waals surface area contributed by atoms with E-state index in [0.717, 1.165) is 30.5 Å². The van der Waals surface area contributed by atoms with Gasteiger partial charge in [0.2, 0.25) is 5.91 Å². The average molecular weight is 287 g/mol. The van der Waals surface area contributed by atoms with Gasteiger partial charge in [0, 0.05) is 25.3 Å². The van der Waals surface area contributed by atoms with Gasteiger partial charge in [-0.2, -0.15) is 0 Å². The van der Waals surface area contributed by atoms with Crippen LogP contribution in [0.3, 0.4) is 0 Å². The number of carbonyl (C=O) groups excluding carboxylic acids is 2. The van der Waals surface area contributed by atoms with Gasteiger partial charge in [-0.1, -0.05) is 25.1 Å². The number of carbonyl (C=O) groups is 2. The molecule has 5 nitrogen and oxygen atoms in total. The normalized spacial score (nSPS) is 23.9. The number of piperidine rings is 1. The van der Waals surface area contributed by atoms with Gasteiger partial charge < -0.3 is 15.5 Å². The smallest absolute Gasteiger partial charge is 0.317 e. The quantitative estimate of drug-likeness (QED) is 0.875. The van der Waals surface area contributed by atoms with Crippen LogP contribution >= 0.6 is 0 Å². The Balaban J connectivity index is 1.85. The van der Waals surface area contributed by atoms with Gasteiger partial charge in [-0.3, -0.25) is 4.79 Å². The highest BCUT2D eigenvalue weighted by atomic mass is 16.2. The SMILES string of the molecule is CCCNC(=O)N1CCC[C@@]2(C1)C(=O)Nc1ccccc12. The molecule has 0 radical (unpaired) electrons. The van der Waals surface area contributed by atoms with Crippen molar-refractivity contribution >= 4 is 17.6 Å². The van der Waals surface area contributed by atoms with Crippen molar-refractivity contribution < 1.29 is 9.59 Å². The number of amides is 3. The number of hydrogen-bond donors (Lipinski definition) is 2. The van der Waals surface area contributed by atoms with E-state index >= 15 is 0 Å². The second-order valence-electron chi connectivity index (χ2n) is 5.84. The van der Waals surface area contributed by atoms with Gasteiger partial charge >= 0.3 is 6.03 Å². The molecule has 2 heterocycles. The third-order valence-electron chi connectivity index (χ3n) is 4.43. The van der Waals surface area contributed by atoms with Crippen LogP contribution in [0, 0.1) is 0 Å². The molecule has 1 aromatic carbocycles. The summed E-state index contributed by atoms with van der Waals surface area (Å²) in [6.07, 6.45) is 2.56. The maximum Gasteiger partial charge on any atom is 0.317 e. The largest absolute Gasteiger partial charge is 0.338 e. The summed E-state index contributed by atoms with van der Waals surface area (Å²) in [4.78, 5) is 26.5. The van der Waals surface area contributed by atoms with Gasteiger partial charge in [-0.25, -0.2) is 4.79 Å². The van der Waals surface area contributed by atoms with Crippen LogP contribution < -0.4 is 10.6 Å². The molecule has 112 valence electrons. The van der Waals surface area contributed by atoms with Gasteiger partial charge in [0.25, 0.3) is 0 Å². The lowest BCUT2D eigenvalue weighted by atomic mass is 9.75. The fraction of sp³-hybridized carbons (Fsp3) is 0.500. The monoisotopic (exact) mass is 287 g/mol. The molecule has 21 heavy (non-hydrogen) atoms. The minimum Gasteiger partial charge on any atom is -0.338 e. The summed E-state index contributed by atoms with van der Waals surface area (Å²) in [6.45, 7) is 3.88. The predicted octanol–water partition coefficient (Wildman–Crippen LogP) is 2.09. The molecule has 0 aliphatic carbocycles. The molecule has 1 fully saturated rings.